The second-order valence-corrected chi connectivity index (χ2v) is 11.8. The molecule has 0 bridgehead atoms. The maximum Gasteiger partial charge on any atom is 0.261 e. The average Bonchev–Trinajstić information content (AvgIpc) is 3.03. The fraction of sp³-hybridized carbons (Fsp3) is 0.350. The summed E-state index contributed by atoms with van der Waals surface area (Å²) in [6.07, 6.45) is 0.342. The molecule has 1 saturated heterocycles. The number of halogens is 1. The monoisotopic (exact) mass is 470 g/mol. The van der Waals surface area contributed by atoms with Gasteiger partial charge < -0.3 is 4.90 Å². The Hall–Kier alpha value is -2.10. The molecule has 1 heterocycles. The summed E-state index contributed by atoms with van der Waals surface area (Å²) in [4.78, 5) is 14.1. The molecular formula is C20H23ClN2O5S2. The van der Waals surface area contributed by atoms with Gasteiger partial charge in [0.1, 0.15) is 0 Å². The van der Waals surface area contributed by atoms with Crippen LogP contribution in [-0.4, -0.2) is 52.2 Å². The van der Waals surface area contributed by atoms with Crippen LogP contribution in [0.15, 0.2) is 41.3 Å². The first kappa shape index (κ1) is 22.6. The molecular weight excluding hydrogens is 448 g/mol. The van der Waals surface area contributed by atoms with Gasteiger partial charge in [-0.3, -0.25) is 9.52 Å². The molecule has 3 rings (SSSR count). The highest BCUT2D eigenvalue weighted by Crippen LogP contribution is 2.26. The number of anilines is 1. The zero-order chi connectivity index (χ0) is 22.3. The molecule has 30 heavy (non-hydrogen) atoms. The first-order valence-electron chi connectivity index (χ1n) is 9.27. The molecule has 2 aromatic rings. The number of hydrogen-bond donors (Lipinski definition) is 1. The molecule has 162 valence electrons. The molecule has 0 saturated carbocycles. The highest BCUT2D eigenvalue weighted by molar-refractivity contribution is 7.92. The lowest BCUT2D eigenvalue weighted by atomic mass is 10.1. The van der Waals surface area contributed by atoms with Gasteiger partial charge in [-0.15, -0.1) is 0 Å². The van der Waals surface area contributed by atoms with Gasteiger partial charge in [-0.25, -0.2) is 16.8 Å². The summed E-state index contributed by atoms with van der Waals surface area (Å²) < 4.78 is 51.6. The third-order valence-corrected chi connectivity index (χ3v) is 8.77. The molecule has 1 aliphatic heterocycles. The molecule has 1 unspecified atom stereocenters. The molecule has 0 aromatic heterocycles. The van der Waals surface area contributed by atoms with Crippen molar-refractivity contribution in [2.75, 3.05) is 23.3 Å². The molecule has 10 heteroatoms. The smallest absolute Gasteiger partial charge is 0.261 e. The summed E-state index contributed by atoms with van der Waals surface area (Å²) in [7, 11) is -5.63. The van der Waals surface area contributed by atoms with E-state index in [0.717, 1.165) is 11.1 Å². The van der Waals surface area contributed by atoms with Crippen molar-refractivity contribution in [1.82, 2.24) is 4.90 Å². The molecule has 7 nitrogen and oxygen atoms in total. The number of rotatable bonds is 5. The van der Waals surface area contributed by atoms with Gasteiger partial charge in [-0.1, -0.05) is 17.7 Å². The number of sulfone groups is 1. The molecule has 1 amide bonds. The maximum absolute atomic E-state index is 12.9. The number of sulfonamides is 1. The SMILES string of the molecule is Cc1ccc(NS(=O)(=O)c2ccc(Cl)c(C(=O)N(C)C3CCS(=O)(=O)C3)c2)cc1C. The minimum atomic E-state index is -3.95. The van der Waals surface area contributed by atoms with Crippen LogP contribution < -0.4 is 4.72 Å². The van der Waals surface area contributed by atoms with Crippen molar-refractivity contribution in [2.45, 2.75) is 31.2 Å². The van der Waals surface area contributed by atoms with E-state index in [1.807, 2.05) is 19.9 Å². The van der Waals surface area contributed by atoms with Crippen molar-refractivity contribution in [3.05, 3.63) is 58.1 Å². The van der Waals surface area contributed by atoms with Gasteiger partial charge in [0.15, 0.2) is 9.84 Å². The Bertz CT molecular complexity index is 1210. The number of nitrogens with one attached hydrogen (secondary N) is 1. The zero-order valence-electron chi connectivity index (χ0n) is 16.8. The van der Waals surface area contributed by atoms with Crippen molar-refractivity contribution in [3.8, 4) is 0 Å². The van der Waals surface area contributed by atoms with Crippen molar-refractivity contribution < 1.29 is 21.6 Å². The van der Waals surface area contributed by atoms with Gasteiger partial charge in [0, 0.05) is 18.8 Å². The number of nitrogens with zero attached hydrogens (tertiary/aromatic N) is 1. The third kappa shape index (κ3) is 4.79. The van der Waals surface area contributed by atoms with E-state index in [4.69, 9.17) is 11.6 Å². The predicted octanol–water partition coefficient (Wildman–Crippen LogP) is 3.02. The number of amides is 1. The topological polar surface area (TPSA) is 101 Å². The van der Waals surface area contributed by atoms with Crippen molar-refractivity contribution in [2.24, 2.45) is 0 Å². The third-order valence-electron chi connectivity index (χ3n) is 5.31. The van der Waals surface area contributed by atoms with E-state index >= 15 is 0 Å². The summed E-state index contributed by atoms with van der Waals surface area (Å²) >= 11 is 6.17. The van der Waals surface area contributed by atoms with Crippen LogP contribution in [-0.2, 0) is 19.9 Å². The Labute approximate surface area is 182 Å². The van der Waals surface area contributed by atoms with Crippen LogP contribution in [0, 0.1) is 13.8 Å². The number of aryl methyl sites for hydroxylation is 2. The Balaban J connectivity index is 1.88. The number of benzene rings is 2. The summed E-state index contributed by atoms with van der Waals surface area (Å²) in [6, 6.07) is 8.63. The van der Waals surface area contributed by atoms with E-state index in [-0.39, 0.29) is 27.0 Å². The lowest BCUT2D eigenvalue weighted by Gasteiger charge is -2.24. The largest absolute Gasteiger partial charge is 0.338 e. The standard InChI is InChI=1S/C20H23ClN2O5S2/c1-13-4-5-15(10-14(13)2)22-30(27,28)17-6-7-19(21)18(11-17)20(24)23(3)16-8-9-29(25,26)12-16/h4-7,10-11,16,22H,8-9,12H2,1-3H3. The summed E-state index contributed by atoms with van der Waals surface area (Å²) in [5, 5.41) is 0.0952. The fourth-order valence-electron chi connectivity index (χ4n) is 3.29. The van der Waals surface area contributed by atoms with Crippen molar-refractivity contribution in [3.63, 3.8) is 0 Å². The van der Waals surface area contributed by atoms with Crippen LogP contribution in [0.1, 0.15) is 27.9 Å². The molecule has 1 fully saturated rings. The van der Waals surface area contributed by atoms with E-state index < -0.39 is 31.8 Å². The summed E-state index contributed by atoms with van der Waals surface area (Å²) in [5.41, 5.74) is 2.39. The van der Waals surface area contributed by atoms with Crippen LogP contribution in [0.5, 0.6) is 0 Å². The first-order valence-corrected chi connectivity index (χ1v) is 12.9. The van der Waals surface area contributed by atoms with E-state index in [1.54, 1.807) is 12.1 Å². The molecule has 2 aromatic carbocycles. The minimum Gasteiger partial charge on any atom is -0.338 e. The number of hydrogen-bond acceptors (Lipinski definition) is 5. The highest BCUT2D eigenvalue weighted by Gasteiger charge is 2.34. The Morgan fingerprint density at radius 3 is 2.43 bits per heavy atom. The minimum absolute atomic E-state index is 0.00595. The Kier molecular flexibility index (Phi) is 6.18. The van der Waals surface area contributed by atoms with Crippen LogP contribution in [0.25, 0.3) is 0 Å². The first-order chi connectivity index (χ1) is 13.9. The Morgan fingerprint density at radius 2 is 1.83 bits per heavy atom. The van der Waals surface area contributed by atoms with Gasteiger partial charge in [-0.2, -0.15) is 0 Å². The quantitative estimate of drug-likeness (QED) is 0.723. The van der Waals surface area contributed by atoms with Gasteiger partial charge >= 0.3 is 0 Å². The molecule has 1 aliphatic rings. The fourth-order valence-corrected chi connectivity index (χ4v) is 6.34. The zero-order valence-corrected chi connectivity index (χ0v) is 19.2. The van der Waals surface area contributed by atoms with E-state index in [9.17, 15) is 21.6 Å². The second-order valence-electron chi connectivity index (χ2n) is 7.52. The molecule has 1 atom stereocenters. The second kappa shape index (κ2) is 8.20. The molecule has 0 aliphatic carbocycles. The van der Waals surface area contributed by atoms with E-state index in [0.29, 0.717) is 12.1 Å². The van der Waals surface area contributed by atoms with Crippen LogP contribution in [0.4, 0.5) is 5.69 Å². The van der Waals surface area contributed by atoms with Crippen molar-refractivity contribution in [1.29, 1.82) is 0 Å². The number of carbonyl (C=O) groups is 1. The molecule has 1 N–H and O–H groups in total. The van der Waals surface area contributed by atoms with Crippen LogP contribution >= 0.6 is 11.6 Å². The lowest BCUT2D eigenvalue weighted by molar-refractivity contribution is 0.0747. The van der Waals surface area contributed by atoms with Crippen LogP contribution in [0.3, 0.4) is 0 Å². The molecule has 0 spiro atoms. The normalized spacial score (nSPS) is 18.2. The van der Waals surface area contributed by atoms with Gasteiger partial charge in [0.2, 0.25) is 0 Å². The Morgan fingerprint density at radius 1 is 1.13 bits per heavy atom. The summed E-state index contributed by atoms with van der Waals surface area (Å²) in [6.45, 7) is 3.81. The highest BCUT2D eigenvalue weighted by atomic mass is 35.5. The van der Waals surface area contributed by atoms with Gasteiger partial charge in [0.25, 0.3) is 15.9 Å². The van der Waals surface area contributed by atoms with E-state index in [1.165, 1.54) is 30.1 Å². The predicted molar refractivity (Wildman–Crippen MR) is 117 cm³/mol. The number of carbonyl (C=O) groups excluding carboxylic acids is 1. The maximum atomic E-state index is 12.9. The van der Waals surface area contributed by atoms with Crippen LogP contribution in [0.2, 0.25) is 5.02 Å². The molecule has 0 radical (unpaired) electrons. The van der Waals surface area contributed by atoms with E-state index in [2.05, 4.69) is 4.72 Å². The lowest BCUT2D eigenvalue weighted by Crippen LogP contribution is -2.38. The van der Waals surface area contributed by atoms with Gasteiger partial charge in [0.05, 0.1) is 27.0 Å². The average molecular weight is 471 g/mol. The summed E-state index contributed by atoms with van der Waals surface area (Å²) in [5.74, 6) is -0.610. The van der Waals surface area contributed by atoms with Crippen molar-refractivity contribution >= 4 is 43.1 Å². The van der Waals surface area contributed by atoms with Gasteiger partial charge in [-0.05, 0) is 61.7 Å².